The summed E-state index contributed by atoms with van der Waals surface area (Å²) in [4.78, 5) is 25.7. The lowest BCUT2D eigenvalue weighted by molar-refractivity contribution is -0.137. The Kier molecular flexibility index (Phi) is 4.06. The third kappa shape index (κ3) is 3.11. The number of hydrogen-bond acceptors (Lipinski definition) is 3. The molecule has 0 atom stereocenters. The number of hydrogen-bond donors (Lipinski definition) is 1. The van der Waals surface area contributed by atoms with Crippen molar-refractivity contribution in [2.45, 2.75) is 19.1 Å². The zero-order valence-electron chi connectivity index (χ0n) is 13.3. The molecule has 1 aromatic carbocycles. The number of rotatable bonds is 2. The summed E-state index contributed by atoms with van der Waals surface area (Å²) in [5, 5.41) is 10.00. The van der Waals surface area contributed by atoms with Crippen LogP contribution in [0.4, 0.5) is 13.2 Å². The van der Waals surface area contributed by atoms with Crippen molar-refractivity contribution in [1.29, 1.82) is 0 Å². The summed E-state index contributed by atoms with van der Waals surface area (Å²) in [6, 6.07) is 4.74. The Balaban J connectivity index is 1.91. The second-order valence-corrected chi connectivity index (χ2v) is 5.97. The first-order valence-electron chi connectivity index (χ1n) is 7.55. The maximum Gasteiger partial charge on any atom is 0.416 e. The highest BCUT2D eigenvalue weighted by molar-refractivity contribution is 5.99. The number of aryl methyl sites for hydroxylation is 1. The molecule has 0 bridgehead atoms. The summed E-state index contributed by atoms with van der Waals surface area (Å²) in [6.07, 6.45) is -2.56. The Morgan fingerprint density at radius 3 is 2.64 bits per heavy atom. The SMILES string of the molecule is Cn1cc2c(c(O)c1=O)C(=O)N(Cc1cccc(C(F)(F)F)c1)CC2. The minimum absolute atomic E-state index is 0.0309. The molecule has 5 nitrogen and oxygen atoms in total. The maximum absolute atomic E-state index is 12.8. The summed E-state index contributed by atoms with van der Waals surface area (Å²) < 4.78 is 39.6. The Morgan fingerprint density at radius 2 is 1.96 bits per heavy atom. The van der Waals surface area contributed by atoms with E-state index in [0.717, 1.165) is 12.1 Å². The van der Waals surface area contributed by atoms with Crippen LogP contribution in [0.5, 0.6) is 5.75 Å². The summed E-state index contributed by atoms with van der Waals surface area (Å²) in [6.45, 7) is 0.260. The summed E-state index contributed by atoms with van der Waals surface area (Å²) in [5.41, 5.74) is -0.666. The first-order valence-corrected chi connectivity index (χ1v) is 7.55. The molecule has 1 amide bonds. The maximum atomic E-state index is 12.8. The van der Waals surface area contributed by atoms with Gasteiger partial charge in [-0.05, 0) is 29.7 Å². The van der Waals surface area contributed by atoms with Gasteiger partial charge < -0.3 is 14.6 Å². The van der Waals surface area contributed by atoms with Gasteiger partial charge in [-0.1, -0.05) is 12.1 Å². The highest BCUT2D eigenvalue weighted by Gasteiger charge is 2.32. The van der Waals surface area contributed by atoms with Gasteiger partial charge in [0.15, 0.2) is 5.75 Å². The molecule has 1 aliphatic rings. The van der Waals surface area contributed by atoms with E-state index in [4.69, 9.17) is 0 Å². The van der Waals surface area contributed by atoms with Crippen molar-refractivity contribution in [2.75, 3.05) is 6.54 Å². The molecule has 25 heavy (non-hydrogen) atoms. The summed E-state index contributed by atoms with van der Waals surface area (Å²) >= 11 is 0. The quantitative estimate of drug-likeness (QED) is 0.902. The highest BCUT2D eigenvalue weighted by atomic mass is 19.4. The van der Waals surface area contributed by atoms with E-state index in [1.165, 1.54) is 34.8 Å². The molecule has 1 N–H and O–H groups in total. The molecule has 8 heteroatoms. The number of carbonyl (C=O) groups excluding carboxylic acids is 1. The predicted molar refractivity (Wildman–Crippen MR) is 83.2 cm³/mol. The lowest BCUT2D eigenvalue weighted by Crippen LogP contribution is -2.39. The van der Waals surface area contributed by atoms with Crippen LogP contribution in [-0.2, 0) is 26.2 Å². The Morgan fingerprint density at radius 1 is 1.24 bits per heavy atom. The molecule has 0 spiro atoms. The second-order valence-electron chi connectivity index (χ2n) is 5.97. The molecular weight excluding hydrogens is 337 g/mol. The van der Waals surface area contributed by atoms with Gasteiger partial charge in [0.2, 0.25) is 0 Å². The third-order valence-corrected chi connectivity index (χ3v) is 4.21. The fraction of sp³-hybridized carbons (Fsp3) is 0.294. The number of carbonyl (C=O) groups is 1. The normalized spacial score (nSPS) is 14.6. The average Bonchev–Trinajstić information content (AvgIpc) is 2.55. The lowest BCUT2D eigenvalue weighted by Gasteiger charge is -2.29. The van der Waals surface area contributed by atoms with Gasteiger partial charge in [-0.3, -0.25) is 9.59 Å². The van der Waals surface area contributed by atoms with E-state index in [0.29, 0.717) is 24.1 Å². The number of halogens is 3. The second kappa shape index (κ2) is 5.94. The van der Waals surface area contributed by atoms with Gasteiger partial charge >= 0.3 is 6.18 Å². The predicted octanol–water partition coefficient (Wildman–Crippen LogP) is 2.31. The number of pyridine rings is 1. The zero-order chi connectivity index (χ0) is 18.4. The minimum atomic E-state index is -4.46. The largest absolute Gasteiger partial charge is 0.502 e. The molecule has 0 unspecified atom stereocenters. The van der Waals surface area contributed by atoms with Crippen molar-refractivity contribution >= 4 is 5.91 Å². The molecule has 0 fully saturated rings. The average molecular weight is 352 g/mol. The number of benzene rings is 1. The van der Waals surface area contributed by atoms with Crippen LogP contribution in [0.3, 0.4) is 0 Å². The monoisotopic (exact) mass is 352 g/mol. The van der Waals surface area contributed by atoms with E-state index in [2.05, 4.69) is 0 Å². The number of aromatic nitrogens is 1. The van der Waals surface area contributed by atoms with Gasteiger partial charge in [-0.2, -0.15) is 13.2 Å². The van der Waals surface area contributed by atoms with Crippen molar-refractivity contribution in [1.82, 2.24) is 9.47 Å². The number of alkyl halides is 3. The standard InChI is InChI=1S/C17H15F3N2O3/c1-21-9-11-5-6-22(15(24)13(11)14(23)16(21)25)8-10-3-2-4-12(7-10)17(18,19)20/h2-4,7,9,23H,5-6,8H2,1H3. The van der Waals surface area contributed by atoms with Gasteiger partial charge in [-0.25, -0.2) is 0 Å². The number of fused-ring (bicyclic) bond motifs is 1. The molecule has 2 heterocycles. The van der Waals surface area contributed by atoms with E-state index in [1.54, 1.807) is 0 Å². The number of nitrogens with zero attached hydrogens (tertiary/aromatic N) is 2. The van der Waals surface area contributed by atoms with Crippen molar-refractivity contribution in [3.05, 3.63) is 63.1 Å². The van der Waals surface area contributed by atoms with Crippen molar-refractivity contribution in [3.63, 3.8) is 0 Å². The molecule has 1 aliphatic heterocycles. The molecule has 3 rings (SSSR count). The molecule has 1 aromatic heterocycles. The van der Waals surface area contributed by atoms with E-state index < -0.39 is 29.0 Å². The molecule has 2 aromatic rings. The Bertz CT molecular complexity index is 903. The number of amides is 1. The van der Waals surface area contributed by atoms with Crippen LogP contribution >= 0.6 is 0 Å². The molecule has 0 aliphatic carbocycles. The van der Waals surface area contributed by atoms with Crippen molar-refractivity contribution in [2.24, 2.45) is 7.05 Å². The molecule has 0 radical (unpaired) electrons. The van der Waals surface area contributed by atoms with Crippen LogP contribution in [0, 0.1) is 0 Å². The van der Waals surface area contributed by atoms with Crippen LogP contribution in [-0.4, -0.2) is 27.0 Å². The van der Waals surface area contributed by atoms with Crippen molar-refractivity contribution < 1.29 is 23.1 Å². The first-order chi connectivity index (χ1) is 11.7. The van der Waals surface area contributed by atoms with Gasteiger partial charge in [0.25, 0.3) is 11.5 Å². The topological polar surface area (TPSA) is 62.5 Å². The van der Waals surface area contributed by atoms with Crippen LogP contribution < -0.4 is 5.56 Å². The van der Waals surface area contributed by atoms with E-state index in [9.17, 15) is 27.9 Å². The van der Waals surface area contributed by atoms with Crippen LogP contribution in [0.25, 0.3) is 0 Å². The zero-order valence-corrected chi connectivity index (χ0v) is 13.3. The Labute approximate surface area is 140 Å². The van der Waals surface area contributed by atoms with E-state index in [1.807, 2.05) is 0 Å². The fourth-order valence-electron chi connectivity index (χ4n) is 2.94. The van der Waals surface area contributed by atoms with Gasteiger partial charge in [0, 0.05) is 26.3 Å². The van der Waals surface area contributed by atoms with Crippen LogP contribution in [0.1, 0.15) is 27.0 Å². The van der Waals surface area contributed by atoms with Gasteiger partial charge in [-0.15, -0.1) is 0 Å². The molecular formula is C17H15F3N2O3. The van der Waals surface area contributed by atoms with Crippen LogP contribution in [0.15, 0.2) is 35.3 Å². The molecule has 132 valence electrons. The number of aromatic hydroxyl groups is 1. The van der Waals surface area contributed by atoms with E-state index in [-0.39, 0.29) is 12.1 Å². The molecule has 0 saturated heterocycles. The van der Waals surface area contributed by atoms with Crippen LogP contribution in [0.2, 0.25) is 0 Å². The fourth-order valence-corrected chi connectivity index (χ4v) is 2.94. The summed E-state index contributed by atoms with van der Waals surface area (Å²) in [7, 11) is 1.47. The Hall–Kier alpha value is -2.77. The highest BCUT2D eigenvalue weighted by Crippen LogP contribution is 2.30. The smallest absolute Gasteiger partial charge is 0.416 e. The first kappa shape index (κ1) is 17.1. The van der Waals surface area contributed by atoms with Crippen molar-refractivity contribution in [3.8, 4) is 5.75 Å². The lowest BCUT2D eigenvalue weighted by atomic mass is 9.99. The minimum Gasteiger partial charge on any atom is -0.502 e. The van der Waals surface area contributed by atoms with Gasteiger partial charge in [0.05, 0.1) is 11.1 Å². The van der Waals surface area contributed by atoms with E-state index >= 15 is 0 Å². The molecule has 0 saturated carbocycles. The summed E-state index contributed by atoms with van der Waals surface area (Å²) in [5.74, 6) is -1.19. The van der Waals surface area contributed by atoms with Gasteiger partial charge in [0.1, 0.15) is 0 Å². The third-order valence-electron chi connectivity index (χ3n) is 4.21.